The maximum Gasteiger partial charge on any atom is 0.182 e. The van der Waals surface area contributed by atoms with Gasteiger partial charge in [-0.2, -0.15) is 5.21 Å². The van der Waals surface area contributed by atoms with E-state index in [2.05, 4.69) is 74.7 Å². The number of hydrogen-bond donors (Lipinski definition) is 1. The average Bonchev–Trinajstić information content (AvgIpc) is 3.53. The highest BCUT2D eigenvalue weighted by Gasteiger charge is 2.47. The molecule has 0 aliphatic carbocycles. The molecule has 1 saturated heterocycles. The van der Waals surface area contributed by atoms with E-state index in [-0.39, 0.29) is 11.0 Å². The number of benzene rings is 1. The molecule has 0 spiro atoms. The van der Waals surface area contributed by atoms with Gasteiger partial charge in [-0.05, 0) is 62.9 Å². The van der Waals surface area contributed by atoms with E-state index in [0.717, 1.165) is 54.8 Å². The van der Waals surface area contributed by atoms with Gasteiger partial charge >= 0.3 is 0 Å². The third kappa shape index (κ3) is 3.29. The van der Waals surface area contributed by atoms with Crippen molar-refractivity contribution in [3.63, 3.8) is 0 Å². The van der Waals surface area contributed by atoms with E-state index in [4.69, 9.17) is 4.42 Å². The molecule has 1 fully saturated rings. The molecule has 0 bridgehead atoms. The van der Waals surface area contributed by atoms with Gasteiger partial charge in [0, 0.05) is 30.1 Å². The van der Waals surface area contributed by atoms with Gasteiger partial charge in [-0.3, -0.25) is 9.88 Å². The number of furan rings is 1. The van der Waals surface area contributed by atoms with Crippen LogP contribution in [0.5, 0.6) is 0 Å². The molecule has 7 nitrogen and oxygen atoms in total. The second kappa shape index (κ2) is 7.32. The zero-order chi connectivity index (χ0) is 20.6. The van der Waals surface area contributed by atoms with Crippen molar-refractivity contribution in [2.75, 3.05) is 13.1 Å². The number of tetrazole rings is 1. The minimum atomic E-state index is -0.167. The first-order valence-electron chi connectivity index (χ1n) is 10.4. The van der Waals surface area contributed by atoms with Crippen molar-refractivity contribution in [2.24, 2.45) is 0 Å². The number of rotatable bonds is 6. The predicted molar refractivity (Wildman–Crippen MR) is 114 cm³/mol. The first-order chi connectivity index (χ1) is 14.6. The van der Waals surface area contributed by atoms with E-state index >= 15 is 0 Å². The van der Waals surface area contributed by atoms with Crippen molar-refractivity contribution in [1.29, 1.82) is 0 Å². The molecule has 0 radical (unpaired) electrons. The van der Waals surface area contributed by atoms with Crippen molar-refractivity contribution >= 4 is 11.0 Å². The molecule has 1 aliphatic heterocycles. The van der Waals surface area contributed by atoms with Gasteiger partial charge in [0.2, 0.25) is 0 Å². The Morgan fingerprint density at radius 3 is 2.93 bits per heavy atom. The molecule has 1 N–H and O–H groups in total. The van der Waals surface area contributed by atoms with Crippen LogP contribution in [0, 0.1) is 0 Å². The van der Waals surface area contributed by atoms with Crippen LogP contribution in [0.15, 0.2) is 59.3 Å². The molecule has 154 valence electrons. The Labute approximate surface area is 175 Å². The summed E-state index contributed by atoms with van der Waals surface area (Å²) in [6, 6.07) is 14.6. The van der Waals surface area contributed by atoms with E-state index in [0.29, 0.717) is 0 Å². The number of H-pyrrole nitrogens is 1. The number of nitrogens with zero attached hydrogens (tertiary/aromatic N) is 5. The number of aryl methyl sites for hydroxylation is 1. The monoisotopic (exact) mass is 402 g/mol. The lowest BCUT2D eigenvalue weighted by molar-refractivity contribution is 0.137. The fourth-order valence-electron chi connectivity index (χ4n) is 4.66. The highest BCUT2D eigenvalue weighted by molar-refractivity contribution is 5.77. The van der Waals surface area contributed by atoms with Gasteiger partial charge in [0.15, 0.2) is 5.82 Å². The summed E-state index contributed by atoms with van der Waals surface area (Å²) >= 11 is 0. The van der Waals surface area contributed by atoms with Gasteiger partial charge in [-0.1, -0.05) is 23.4 Å². The van der Waals surface area contributed by atoms with E-state index in [1.54, 1.807) is 6.26 Å². The SMILES string of the molecule is CC(C)(c1ccccn1)N1CC[C@@](CCc2ccc3ccoc3c2)(c2nn[nH]n2)C1. The summed E-state index contributed by atoms with van der Waals surface area (Å²) in [5, 5.41) is 16.5. The van der Waals surface area contributed by atoms with Crippen LogP contribution >= 0.6 is 0 Å². The molecule has 1 atom stereocenters. The number of hydrogen-bond acceptors (Lipinski definition) is 6. The fourth-order valence-corrected chi connectivity index (χ4v) is 4.66. The van der Waals surface area contributed by atoms with Crippen molar-refractivity contribution in [3.05, 3.63) is 72.0 Å². The summed E-state index contributed by atoms with van der Waals surface area (Å²) in [6.45, 7) is 6.33. The lowest BCUT2D eigenvalue weighted by atomic mass is 9.80. The first kappa shape index (κ1) is 18.9. The van der Waals surface area contributed by atoms with E-state index in [9.17, 15) is 0 Å². The third-order valence-electron chi connectivity index (χ3n) is 6.67. The molecule has 4 heterocycles. The van der Waals surface area contributed by atoms with Crippen molar-refractivity contribution < 1.29 is 4.42 Å². The Hall–Kier alpha value is -3.06. The zero-order valence-electron chi connectivity index (χ0n) is 17.4. The minimum Gasteiger partial charge on any atom is -0.464 e. The Balaban J connectivity index is 1.40. The van der Waals surface area contributed by atoms with Gasteiger partial charge in [-0.15, -0.1) is 10.2 Å². The maximum absolute atomic E-state index is 5.58. The van der Waals surface area contributed by atoms with E-state index in [1.165, 1.54) is 5.56 Å². The van der Waals surface area contributed by atoms with Crippen molar-refractivity contribution in [3.8, 4) is 0 Å². The van der Waals surface area contributed by atoms with Crippen LogP contribution < -0.4 is 0 Å². The van der Waals surface area contributed by atoms with Gasteiger partial charge in [0.05, 0.1) is 17.5 Å². The number of aromatic nitrogens is 5. The molecule has 3 aromatic heterocycles. The Morgan fingerprint density at radius 1 is 1.20 bits per heavy atom. The smallest absolute Gasteiger partial charge is 0.182 e. The van der Waals surface area contributed by atoms with E-state index in [1.807, 2.05) is 18.3 Å². The van der Waals surface area contributed by atoms with Gasteiger partial charge < -0.3 is 4.42 Å². The molecule has 7 heteroatoms. The van der Waals surface area contributed by atoms with Gasteiger partial charge in [-0.25, -0.2) is 0 Å². The van der Waals surface area contributed by atoms with Crippen LogP contribution in [0.1, 0.15) is 43.8 Å². The average molecular weight is 403 g/mol. The summed E-state index contributed by atoms with van der Waals surface area (Å²) < 4.78 is 5.58. The van der Waals surface area contributed by atoms with Gasteiger partial charge in [0.1, 0.15) is 5.58 Å². The number of aromatic amines is 1. The highest BCUT2D eigenvalue weighted by atomic mass is 16.3. The summed E-state index contributed by atoms with van der Waals surface area (Å²) in [5.41, 5.74) is 2.97. The second-order valence-electron chi connectivity index (χ2n) is 8.75. The zero-order valence-corrected chi connectivity index (χ0v) is 17.4. The molecule has 0 saturated carbocycles. The van der Waals surface area contributed by atoms with E-state index < -0.39 is 0 Å². The van der Waals surface area contributed by atoms with Gasteiger partial charge in [0.25, 0.3) is 0 Å². The number of likely N-dealkylation sites (tertiary alicyclic amines) is 1. The summed E-state index contributed by atoms with van der Waals surface area (Å²) in [7, 11) is 0. The molecule has 30 heavy (non-hydrogen) atoms. The largest absolute Gasteiger partial charge is 0.464 e. The quantitative estimate of drug-likeness (QED) is 0.527. The Morgan fingerprint density at radius 2 is 2.13 bits per heavy atom. The van der Waals surface area contributed by atoms with Crippen molar-refractivity contribution in [2.45, 2.75) is 44.1 Å². The summed E-state index contributed by atoms with van der Waals surface area (Å²) in [6.07, 6.45) is 6.48. The second-order valence-corrected chi connectivity index (χ2v) is 8.75. The fraction of sp³-hybridized carbons (Fsp3) is 0.391. The summed E-state index contributed by atoms with van der Waals surface area (Å²) in [5.74, 6) is 0.806. The minimum absolute atomic E-state index is 0.142. The molecule has 5 rings (SSSR count). The van der Waals surface area contributed by atoms with Crippen LogP contribution in [0.25, 0.3) is 11.0 Å². The maximum atomic E-state index is 5.58. The van der Waals surface area contributed by atoms with Crippen LogP contribution in [-0.4, -0.2) is 43.6 Å². The standard InChI is InChI=1S/C23H26N6O/c1-22(2,20-5-3-4-12-24-20)29-13-11-23(16-29,21-25-27-28-26-21)10-8-17-6-7-18-9-14-30-19(18)15-17/h3-7,9,12,14-15H,8,10-11,13,16H2,1-2H3,(H,25,26,27,28)/t23-/m1/s1. The van der Waals surface area contributed by atoms with Crippen LogP contribution in [0.4, 0.5) is 0 Å². The first-order valence-corrected chi connectivity index (χ1v) is 10.4. The number of nitrogens with one attached hydrogen (secondary N) is 1. The normalized spacial score (nSPS) is 20.2. The molecule has 0 unspecified atom stereocenters. The van der Waals surface area contributed by atoms with Crippen LogP contribution in [0.3, 0.4) is 0 Å². The summed E-state index contributed by atoms with van der Waals surface area (Å²) in [4.78, 5) is 7.12. The topological polar surface area (TPSA) is 83.7 Å². The lowest BCUT2D eigenvalue weighted by Gasteiger charge is -2.36. The molecule has 4 aromatic rings. The van der Waals surface area contributed by atoms with Crippen LogP contribution in [-0.2, 0) is 17.4 Å². The van der Waals surface area contributed by atoms with Crippen LogP contribution in [0.2, 0.25) is 0 Å². The Kier molecular flexibility index (Phi) is 4.62. The highest BCUT2D eigenvalue weighted by Crippen LogP contribution is 2.41. The van der Waals surface area contributed by atoms with Crippen molar-refractivity contribution in [1.82, 2.24) is 30.5 Å². The molecular formula is C23H26N6O. The molecular weight excluding hydrogens is 376 g/mol. The third-order valence-corrected chi connectivity index (χ3v) is 6.67. The Bertz CT molecular complexity index is 1120. The predicted octanol–water partition coefficient (Wildman–Crippen LogP) is 3.85. The molecule has 1 aliphatic rings. The lowest BCUT2D eigenvalue weighted by Crippen LogP contribution is -2.43. The number of fused-ring (bicyclic) bond motifs is 1. The molecule has 1 aromatic carbocycles. The number of pyridine rings is 1. The molecule has 0 amide bonds.